The van der Waals surface area contributed by atoms with E-state index < -0.39 is 5.41 Å². The van der Waals surface area contributed by atoms with Gasteiger partial charge >= 0.3 is 0 Å². The summed E-state index contributed by atoms with van der Waals surface area (Å²) in [6.07, 6.45) is 3.56. The summed E-state index contributed by atoms with van der Waals surface area (Å²) < 4.78 is 0. The van der Waals surface area contributed by atoms with Crippen LogP contribution in [-0.4, -0.2) is 10.9 Å². The van der Waals surface area contributed by atoms with E-state index in [0.717, 1.165) is 18.5 Å². The largest absolute Gasteiger partial charge is 0.369 e. The number of pyridine rings is 1. The monoisotopic (exact) mass is 190 g/mol. The molecular formula is C11H14N2O. The molecule has 74 valence electrons. The van der Waals surface area contributed by atoms with Gasteiger partial charge in [0, 0.05) is 6.20 Å². The number of primary amides is 1. The molecule has 2 rings (SSSR count). The number of nitrogens with two attached hydrogens (primary N) is 1. The van der Waals surface area contributed by atoms with Crippen molar-refractivity contribution in [3.63, 3.8) is 0 Å². The molecule has 0 aliphatic heterocycles. The third kappa shape index (κ3) is 1.12. The molecule has 0 radical (unpaired) electrons. The lowest BCUT2D eigenvalue weighted by Gasteiger charge is -2.11. The van der Waals surface area contributed by atoms with Gasteiger partial charge in [0.25, 0.3) is 0 Å². The molecule has 0 aromatic carbocycles. The molecule has 2 N–H and O–H groups in total. The van der Waals surface area contributed by atoms with Crippen LogP contribution in [0.15, 0.2) is 24.4 Å². The van der Waals surface area contributed by atoms with Crippen LogP contribution in [0.25, 0.3) is 0 Å². The molecule has 0 spiro atoms. The van der Waals surface area contributed by atoms with Crippen LogP contribution in [0.2, 0.25) is 0 Å². The number of nitrogens with zero attached hydrogens (tertiary/aromatic N) is 1. The van der Waals surface area contributed by atoms with Gasteiger partial charge in [-0.2, -0.15) is 0 Å². The number of carbonyl (C=O) groups is 1. The standard InChI is InChI=1S/C11H14N2O/c1-2-8-7-11(8,10(12)14)9-5-3-4-6-13-9/h3-6,8H,2,7H2,1H3,(H2,12,14). The molecule has 1 heterocycles. The van der Waals surface area contributed by atoms with Gasteiger partial charge in [0.2, 0.25) is 5.91 Å². The number of rotatable bonds is 3. The lowest BCUT2D eigenvalue weighted by Crippen LogP contribution is -2.31. The van der Waals surface area contributed by atoms with E-state index in [1.807, 2.05) is 18.2 Å². The summed E-state index contributed by atoms with van der Waals surface area (Å²) in [5.41, 5.74) is 5.82. The summed E-state index contributed by atoms with van der Waals surface area (Å²) in [6, 6.07) is 5.64. The molecule has 0 bridgehead atoms. The average molecular weight is 190 g/mol. The first-order valence-corrected chi connectivity index (χ1v) is 4.93. The summed E-state index contributed by atoms with van der Waals surface area (Å²) in [7, 11) is 0. The van der Waals surface area contributed by atoms with E-state index in [2.05, 4.69) is 11.9 Å². The Labute approximate surface area is 83.3 Å². The van der Waals surface area contributed by atoms with Crippen molar-refractivity contribution in [2.24, 2.45) is 11.7 Å². The highest BCUT2D eigenvalue weighted by Gasteiger charge is 2.59. The van der Waals surface area contributed by atoms with Gasteiger partial charge in [-0.25, -0.2) is 0 Å². The van der Waals surface area contributed by atoms with Crippen molar-refractivity contribution in [3.05, 3.63) is 30.1 Å². The maximum Gasteiger partial charge on any atom is 0.229 e. The molecule has 2 atom stereocenters. The predicted molar refractivity (Wildman–Crippen MR) is 53.5 cm³/mol. The van der Waals surface area contributed by atoms with E-state index in [1.54, 1.807) is 6.20 Å². The van der Waals surface area contributed by atoms with Crippen LogP contribution in [0, 0.1) is 5.92 Å². The van der Waals surface area contributed by atoms with E-state index in [0.29, 0.717) is 5.92 Å². The van der Waals surface area contributed by atoms with Gasteiger partial charge in [-0.15, -0.1) is 0 Å². The van der Waals surface area contributed by atoms with Crippen LogP contribution in [0.3, 0.4) is 0 Å². The zero-order chi connectivity index (χ0) is 10.2. The van der Waals surface area contributed by atoms with Crippen molar-refractivity contribution in [2.45, 2.75) is 25.2 Å². The molecule has 2 unspecified atom stereocenters. The number of carbonyl (C=O) groups excluding carboxylic acids is 1. The zero-order valence-electron chi connectivity index (χ0n) is 8.23. The average Bonchev–Trinajstić information content (AvgIpc) is 2.94. The fraction of sp³-hybridized carbons (Fsp3) is 0.455. The van der Waals surface area contributed by atoms with Crippen LogP contribution >= 0.6 is 0 Å². The van der Waals surface area contributed by atoms with Crippen LogP contribution in [-0.2, 0) is 10.2 Å². The maximum atomic E-state index is 11.4. The van der Waals surface area contributed by atoms with Crippen LogP contribution in [0.1, 0.15) is 25.5 Å². The first kappa shape index (κ1) is 9.19. The highest BCUT2D eigenvalue weighted by molar-refractivity contribution is 5.90. The molecule has 1 amide bonds. The van der Waals surface area contributed by atoms with Crippen molar-refractivity contribution in [2.75, 3.05) is 0 Å². The molecule has 1 fully saturated rings. The van der Waals surface area contributed by atoms with Crippen molar-refractivity contribution < 1.29 is 4.79 Å². The summed E-state index contributed by atoms with van der Waals surface area (Å²) in [6.45, 7) is 2.08. The van der Waals surface area contributed by atoms with Gasteiger partial charge in [-0.05, 0) is 24.5 Å². The number of hydrogen-bond acceptors (Lipinski definition) is 2. The Hall–Kier alpha value is -1.38. The first-order valence-electron chi connectivity index (χ1n) is 4.93. The Kier molecular flexibility index (Phi) is 2.02. The number of hydrogen-bond donors (Lipinski definition) is 1. The molecule has 14 heavy (non-hydrogen) atoms. The third-order valence-electron chi connectivity index (χ3n) is 3.16. The highest BCUT2D eigenvalue weighted by Crippen LogP contribution is 2.55. The molecule has 1 aromatic heterocycles. The van der Waals surface area contributed by atoms with Gasteiger partial charge in [0.05, 0.1) is 11.1 Å². The number of aromatic nitrogens is 1. The Bertz CT molecular complexity index is 350. The van der Waals surface area contributed by atoms with Gasteiger partial charge in [-0.3, -0.25) is 9.78 Å². The minimum absolute atomic E-state index is 0.233. The second-order valence-corrected chi connectivity index (χ2v) is 3.86. The SMILES string of the molecule is CCC1CC1(C(N)=O)c1ccccn1. The zero-order valence-corrected chi connectivity index (χ0v) is 8.23. The normalized spacial score (nSPS) is 29.9. The topological polar surface area (TPSA) is 56.0 Å². The van der Waals surface area contributed by atoms with Crippen LogP contribution in [0.5, 0.6) is 0 Å². The smallest absolute Gasteiger partial charge is 0.229 e. The molecule has 1 saturated carbocycles. The lowest BCUT2D eigenvalue weighted by molar-refractivity contribution is -0.120. The number of amides is 1. The van der Waals surface area contributed by atoms with Crippen LogP contribution < -0.4 is 5.73 Å². The third-order valence-corrected chi connectivity index (χ3v) is 3.16. The summed E-state index contributed by atoms with van der Waals surface area (Å²) >= 11 is 0. The molecule has 1 aliphatic rings. The molecule has 3 nitrogen and oxygen atoms in total. The predicted octanol–water partition coefficient (Wildman–Crippen LogP) is 1.23. The molecule has 1 aliphatic carbocycles. The first-order chi connectivity index (χ1) is 6.71. The van der Waals surface area contributed by atoms with E-state index in [1.165, 1.54) is 0 Å². The Balaban J connectivity index is 2.36. The molecular weight excluding hydrogens is 176 g/mol. The summed E-state index contributed by atoms with van der Waals surface area (Å²) in [5.74, 6) is 0.151. The quantitative estimate of drug-likeness (QED) is 0.779. The second-order valence-electron chi connectivity index (χ2n) is 3.86. The maximum absolute atomic E-state index is 11.4. The summed E-state index contributed by atoms with van der Waals surface area (Å²) in [5, 5.41) is 0. The fourth-order valence-corrected chi connectivity index (χ4v) is 2.19. The van der Waals surface area contributed by atoms with Gasteiger partial charge in [0.1, 0.15) is 0 Å². The van der Waals surface area contributed by atoms with Crippen molar-refractivity contribution in [1.29, 1.82) is 0 Å². The molecule has 3 heteroatoms. The lowest BCUT2D eigenvalue weighted by atomic mass is 9.96. The fourth-order valence-electron chi connectivity index (χ4n) is 2.19. The Morgan fingerprint density at radius 3 is 2.93 bits per heavy atom. The summed E-state index contributed by atoms with van der Waals surface area (Å²) in [4.78, 5) is 15.7. The Morgan fingerprint density at radius 1 is 1.71 bits per heavy atom. The van der Waals surface area contributed by atoms with E-state index in [9.17, 15) is 4.79 Å². The van der Waals surface area contributed by atoms with Crippen molar-refractivity contribution in [1.82, 2.24) is 4.98 Å². The molecule has 0 saturated heterocycles. The minimum Gasteiger partial charge on any atom is -0.369 e. The molecule has 1 aromatic rings. The van der Waals surface area contributed by atoms with Gasteiger partial charge in [0.15, 0.2) is 0 Å². The van der Waals surface area contributed by atoms with E-state index in [-0.39, 0.29) is 5.91 Å². The van der Waals surface area contributed by atoms with Crippen molar-refractivity contribution in [3.8, 4) is 0 Å². The van der Waals surface area contributed by atoms with Crippen molar-refractivity contribution >= 4 is 5.91 Å². The highest BCUT2D eigenvalue weighted by atomic mass is 16.1. The minimum atomic E-state index is -0.462. The Morgan fingerprint density at radius 2 is 2.50 bits per heavy atom. The van der Waals surface area contributed by atoms with Crippen LogP contribution in [0.4, 0.5) is 0 Å². The van der Waals surface area contributed by atoms with E-state index >= 15 is 0 Å². The second kappa shape index (κ2) is 3.08. The van der Waals surface area contributed by atoms with Gasteiger partial charge in [-0.1, -0.05) is 19.4 Å². The van der Waals surface area contributed by atoms with E-state index in [4.69, 9.17) is 5.73 Å². The van der Waals surface area contributed by atoms with Gasteiger partial charge < -0.3 is 5.73 Å².